The zero-order valence-corrected chi connectivity index (χ0v) is 11.9. The number of amides is 1. The number of carbonyl (C=O) groups excluding carboxylic acids is 1. The topological polar surface area (TPSA) is 63.5 Å². The van der Waals surface area contributed by atoms with Crippen LogP contribution in [0.1, 0.15) is 22.8 Å². The Hall–Kier alpha value is -2.69. The summed E-state index contributed by atoms with van der Waals surface area (Å²) in [4.78, 5) is 24.0. The quantitative estimate of drug-likeness (QED) is 0.638. The van der Waals surface area contributed by atoms with Crippen molar-refractivity contribution in [3.05, 3.63) is 69.8 Å². The van der Waals surface area contributed by atoms with Gasteiger partial charge >= 0.3 is 0 Å². The van der Waals surface area contributed by atoms with Crippen molar-refractivity contribution >= 4 is 17.3 Å². The van der Waals surface area contributed by atoms with Crippen LogP contribution in [0.3, 0.4) is 0 Å². The lowest BCUT2D eigenvalue weighted by molar-refractivity contribution is -0.384. The Morgan fingerprint density at radius 3 is 2.14 bits per heavy atom. The number of anilines is 1. The molecule has 108 valence electrons. The zero-order valence-electron chi connectivity index (χ0n) is 11.9. The summed E-state index contributed by atoms with van der Waals surface area (Å²) in [5.41, 5.74) is 2.38. The lowest BCUT2D eigenvalue weighted by Gasteiger charge is -2.17. The van der Waals surface area contributed by atoms with Gasteiger partial charge in [0.2, 0.25) is 0 Å². The van der Waals surface area contributed by atoms with E-state index < -0.39 is 4.92 Å². The van der Waals surface area contributed by atoms with Crippen LogP contribution in [0.15, 0.2) is 48.5 Å². The van der Waals surface area contributed by atoms with E-state index in [1.54, 1.807) is 31.3 Å². The monoisotopic (exact) mass is 284 g/mol. The summed E-state index contributed by atoms with van der Waals surface area (Å²) < 4.78 is 0. The van der Waals surface area contributed by atoms with E-state index in [2.05, 4.69) is 6.92 Å². The van der Waals surface area contributed by atoms with Crippen LogP contribution in [0.25, 0.3) is 0 Å². The first-order chi connectivity index (χ1) is 10.0. The van der Waals surface area contributed by atoms with Crippen molar-refractivity contribution in [1.82, 2.24) is 0 Å². The fourth-order valence-electron chi connectivity index (χ4n) is 1.99. The zero-order chi connectivity index (χ0) is 15.4. The molecule has 2 rings (SSSR count). The highest BCUT2D eigenvalue weighted by Crippen LogP contribution is 2.20. The first kappa shape index (κ1) is 14.7. The van der Waals surface area contributed by atoms with Crippen LogP contribution in [0.5, 0.6) is 0 Å². The number of nitro groups is 1. The Morgan fingerprint density at radius 2 is 1.67 bits per heavy atom. The Balaban J connectivity index is 2.19. The van der Waals surface area contributed by atoms with E-state index in [1.807, 2.05) is 12.1 Å². The van der Waals surface area contributed by atoms with Gasteiger partial charge in [0.25, 0.3) is 11.6 Å². The number of rotatable bonds is 4. The summed E-state index contributed by atoms with van der Waals surface area (Å²) in [6.07, 6.45) is 0.923. The van der Waals surface area contributed by atoms with Crippen molar-refractivity contribution in [3.8, 4) is 0 Å². The smallest absolute Gasteiger partial charge is 0.269 e. The van der Waals surface area contributed by atoms with Crippen LogP contribution in [0, 0.1) is 10.1 Å². The molecule has 21 heavy (non-hydrogen) atoms. The van der Waals surface area contributed by atoms with E-state index in [0.717, 1.165) is 6.42 Å². The molecule has 2 aromatic carbocycles. The molecule has 0 N–H and O–H groups in total. The maximum absolute atomic E-state index is 12.4. The molecule has 0 aliphatic heterocycles. The predicted octanol–water partition coefficient (Wildman–Crippen LogP) is 3.43. The van der Waals surface area contributed by atoms with Crippen molar-refractivity contribution in [2.75, 3.05) is 11.9 Å². The molecule has 2 aromatic rings. The van der Waals surface area contributed by atoms with Crippen LogP contribution in [0.2, 0.25) is 0 Å². The molecule has 0 saturated carbocycles. The highest BCUT2D eigenvalue weighted by Gasteiger charge is 2.14. The molecule has 0 aromatic heterocycles. The molecule has 0 atom stereocenters. The Morgan fingerprint density at radius 1 is 1.10 bits per heavy atom. The van der Waals surface area contributed by atoms with Crippen molar-refractivity contribution < 1.29 is 9.72 Å². The molecule has 0 unspecified atom stereocenters. The molecule has 0 saturated heterocycles. The van der Waals surface area contributed by atoms with Crippen LogP contribution < -0.4 is 4.90 Å². The van der Waals surface area contributed by atoms with E-state index >= 15 is 0 Å². The Kier molecular flexibility index (Phi) is 4.33. The molecule has 5 nitrogen and oxygen atoms in total. The van der Waals surface area contributed by atoms with Gasteiger partial charge in [-0.15, -0.1) is 0 Å². The normalized spacial score (nSPS) is 10.2. The van der Waals surface area contributed by atoms with E-state index in [4.69, 9.17) is 0 Å². The Bertz CT molecular complexity index is 648. The van der Waals surface area contributed by atoms with E-state index in [-0.39, 0.29) is 11.6 Å². The van der Waals surface area contributed by atoms with Gasteiger partial charge in [-0.25, -0.2) is 0 Å². The molecule has 0 aliphatic carbocycles. The second kappa shape index (κ2) is 6.17. The fraction of sp³-hybridized carbons (Fsp3) is 0.188. The average Bonchev–Trinajstić information content (AvgIpc) is 2.53. The molecule has 0 bridgehead atoms. The minimum Gasteiger partial charge on any atom is -0.311 e. The molecular formula is C16H16N2O3. The number of aryl methyl sites for hydroxylation is 1. The van der Waals surface area contributed by atoms with Crippen LogP contribution in [-0.4, -0.2) is 17.9 Å². The lowest BCUT2D eigenvalue weighted by atomic mass is 10.1. The highest BCUT2D eigenvalue weighted by atomic mass is 16.6. The second-order valence-electron chi connectivity index (χ2n) is 4.69. The van der Waals surface area contributed by atoms with Gasteiger partial charge in [0.05, 0.1) is 4.92 Å². The molecular weight excluding hydrogens is 268 g/mol. The van der Waals surface area contributed by atoms with Gasteiger partial charge in [-0.3, -0.25) is 14.9 Å². The average molecular weight is 284 g/mol. The van der Waals surface area contributed by atoms with Gasteiger partial charge in [-0.1, -0.05) is 19.1 Å². The molecule has 0 fully saturated rings. The largest absolute Gasteiger partial charge is 0.311 e. The SMILES string of the molecule is CCc1ccc(C(=O)N(C)c2ccc([N+](=O)[O-])cc2)cc1. The first-order valence-electron chi connectivity index (χ1n) is 6.64. The minimum absolute atomic E-state index is 0.00639. The number of nitrogens with zero attached hydrogens (tertiary/aromatic N) is 2. The highest BCUT2D eigenvalue weighted by molar-refractivity contribution is 6.05. The van der Waals surface area contributed by atoms with Gasteiger partial charge in [-0.2, -0.15) is 0 Å². The number of carbonyl (C=O) groups is 1. The van der Waals surface area contributed by atoms with Gasteiger partial charge in [0.1, 0.15) is 0 Å². The third kappa shape index (κ3) is 3.25. The van der Waals surface area contributed by atoms with Crippen molar-refractivity contribution in [3.63, 3.8) is 0 Å². The van der Waals surface area contributed by atoms with Gasteiger partial charge in [0, 0.05) is 30.4 Å². The molecule has 0 heterocycles. The summed E-state index contributed by atoms with van der Waals surface area (Å²) in [6, 6.07) is 13.4. The molecule has 0 spiro atoms. The van der Waals surface area contributed by atoms with Crippen molar-refractivity contribution in [2.45, 2.75) is 13.3 Å². The third-order valence-electron chi connectivity index (χ3n) is 3.36. The molecule has 0 aliphatic rings. The first-order valence-corrected chi connectivity index (χ1v) is 6.64. The number of non-ortho nitro benzene ring substituents is 1. The van der Waals surface area contributed by atoms with Gasteiger partial charge in [0.15, 0.2) is 0 Å². The fourth-order valence-corrected chi connectivity index (χ4v) is 1.99. The molecule has 5 heteroatoms. The maximum Gasteiger partial charge on any atom is 0.269 e. The predicted molar refractivity (Wildman–Crippen MR) is 81.6 cm³/mol. The summed E-state index contributed by atoms with van der Waals surface area (Å²) in [5.74, 6) is -0.147. The Labute approximate surface area is 123 Å². The number of hydrogen-bond acceptors (Lipinski definition) is 3. The number of benzene rings is 2. The van der Waals surface area contributed by atoms with Gasteiger partial charge in [-0.05, 0) is 36.2 Å². The van der Waals surface area contributed by atoms with Crippen LogP contribution >= 0.6 is 0 Å². The summed E-state index contributed by atoms with van der Waals surface area (Å²) >= 11 is 0. The molecule has 1 amide bonds. The minimum atomic E-state index is -0.463. The molecule has 0 radical (unpaired) electrons. The van der Waals surface area contributed by atoms with Crippen molar-refractivity contribution in [2.24, 2.45) is 0 Å². The van der Waals surface area contributed by atoms with E-state index in [9.17, 15) is 14.9 Å². The summed E-state index contributed by atoms with van der Waals surface area (Å²) in [6.45, 7) is 2.06. The van der Waals surface area contributed by atoms with Gasteiger partial charge < -0.3 is 4.90 Å². The third-order valence-corrected chi connectivity index (χ3v) is 3.36. The van der Waals surface area contributed by atoms with Crippen LogP contribution in [-0.2, 0) is 6.42 Å². The number of hydrogen-bond donors (Lipinski definition) is 0. The van der Waals surface area contributed by atoms with E-state index in [0.29, 0.717) is 11.3 Å². The number of nitro benzene ring substituents is 1. The summed E-state index contributed by atoms with van der Waals surface area (Å²) in [5, 5.41) is 10.6. The maximum atomic E-state index is 12.4. The summed E-state index contributed by atoms with van der Waals surface area (Å²) in [7, 11) is 1.65. The lowest BCUT2D eigenvalue weighted by Crippen LogP contribution is -2.26. The van der Waals surface area contributed by atoms with Crippen molar-refractivity contribution in [1.29, 1.82) is 0 Å². The van der Waals surface area contributed by atoms with Crippen LogP contribution in [0.4, 0.5) is 11.4 Å². The second-order valence-corrected chi connectivity index (χ2v) is 4.69. The van der Waals surface area contributed by atoms with E-state index in [1.165, 1.54) is 22.6 Å². The standard InChI is InChI=1S/C16H16N2O3/c1-3-12-4-6-13(7-5-12)16(19)17(2)14-8-10-15(11-9-14)18(20)21/h4-11H,3H2,1-2H3.